The normalized spacial score (nSPS) is 12.5. The van der Waals surface area contributed by atoms with Crippen molar-refractivity contribution in [1.29, 1.82) is 0 Å². The first-order valence-electron chi connectivity index (χ1n) is 18.1. The van der Waals surface area contributed by atoms with Crippen molar-refractivity contribution >= 4 is 34.8 Å². The fraction of sp³-hybridized carbons (Fsp3) is 0.109. The Morgan fingerprint density at radius 2 is 1.16 bits per heavy atom. The zero-order valence-corrected chi connectivity index (χ0v) is 42.8. The predicted molar refractivity (Wildman–Crippen MR) is 213 cm³/mol. The Labute approximate surface area is 423 Å². The Morgan fingerprint density at radius 3 is 1.76 bits per heavy atom. The van der Waals surface area contributed by atoms with E-state index < -0.39 is 29.5 Å². The van der Waals surface area contributed by atoms with Crippen LogP contribution in [0.5, 0.6) is 28.7 Å². The topological polar surface area (TPSA) is 216 Å². The van der Waals surface area contributed by atoms with Crippen molar-refractivity contribution < 1.29 is 151 Å². The number of rotatable bonds is 4. The van der Waals surface area contributed by atoms with Crippen molar-refractivity contribution in [3.8, 4) is 51.2 Å². The minimum atomic E-state index is -1.41. The zero-order chi connectivity index (χ0) is 42.8. The van der Waals surface area contributed by atoms with Crippen molar-refractivity contribution in [2.45, 2.75) is 19.4 Å². The number of hydrogen-bond acceptors (Lipinski definition) is 13. The van der Waals surface area contributed by atoms with Gasteiger partial charge < -0.3 is 43.8 Å². The molecule has 1 aliphatic carbocycles. The number of benzene rings is 6. The van der Waals surface area contributed by atoms with E-state index in [0.717, 1.165) is 0 Å². The summed E-state index contributed by atoms with van der Waals surface area (Å²) in [4.78, 5) is 61.4. The average Bonchev–Trinajstić information content (AvgIpc) is 3.49. The standard InChI is InChI=1S/2C23H16O7.2Ac/c1-11-7-15-18(10-14(11)21(26)28-2)23(30-22(15)27)16-5-3-12(24)8-19(16)29-20-9-13(25)4-6-17(20)23;1-11-7-18(22(26)27)17(10-16(11)23(28)29-2)21-14-5-3-12(24)8-19(14)30-20-9-13(25)4-6-15(20)21;;/h3-10,24-25H,1-2H3;3-10,24H,1-2H3,(H,26,27);;. The number of carboxylic acids is 1. The van der Waals surface area contributed by atoms with Gasteiger partial charge in [0.1, 0.15) is 40.1 Å². The van der Waals surface area contributed by atoms with Crippen LogP contribution in [0.2, 0.25) is 0 Å². The van der Waals surface area contributed by atoms with Crippen LogP contribution in [0.3, 0.4) is 0 Å². The second-order valence-corrected chi connectivity index (χ2v) is 14.1. The summed E-state index contributed by atoms with van der Waals surface area (Å²) in [5.41, 5.74) is 3.11. The van der Waals surface area contributed by atoms with Gasteiger partial charge in [0.05, 0.1) is 36.5 Å². The van der Waals surface area contributed by atoms with Crippen LogP contribution >= 0.6 is 0 Å². The molecule has 5 aromatic carbocycles. The second kappa shape index (κ2) is 17.9. The summed E-state index contributed by atoms with van der Waals surface area (Å²) in [6.45, 7) is 3.34. The van der Waals surface area contributed by atoms with Gasteiger partial charge in [0.25, 0.3) is 0 Å². The van der Waals surface area contributed by atoms with Crippen LogP contribution in [0.4, 0.5) is 0 Å². The molecule has 0 saturated heterocycles. The van der Waals surface area contributed by atoms with Crippen LogP contribution in [-0.2, 0) is 19.8 Å². The van der Waals surface area contributed by atoms with Crippen molar-refractivity contribution in [1.82, 2.24) is 0 Å². The molecule has 14 nitrogen and oxygen atoms in total. The van der Waals surface area contributed by atoms with Crippen molar-refractivity contribution in [2.24, 2.45) is 0 Å². The maximum atomic E-state index is 12.9. The Morgan fingerprint density at radius 1 is 0.597 bits per heavy atom. The molecule has 16 heteroatoms. The van der Waals surface area contributed by atoms with Gasteiger partial charge in [-0.05, 0) is 103 Å². The third-order valence-corrected chi connectivity index (χ3v) is 10.5. The fourth-order valence-electron chi connectivity index (χ4n) is 7.75. The second-order valence-electron chi connectivity index (χ2n) is 14.1. The molecular weight excluding hydrogens is 1230 g/mol. The molecule has 0 unspecified atom stereocenters. The molecule has 3 heterocycles. The maximum Gasteiger partial charge on any atom is 0.340 e. The summed E-state index contributed by atoms with van der Waals surface area (Å²) in [5, 5.41) is 40.1. The van der Waals surface area contributed by atoms with Gasteiger partial charge in [-0.25, -0.2) is 19.2 Å². The number of aromatic hydroxyl groups is 3. The Bertz CT molecular complexity index is 2990. The Kier molecular flexibility index (Phi) is 13.3. The van der Waals surface area contributed by atoms with Gasteiger partial charge in [-0.3, -0.25) is 4.79 Å². The van der Waals surface area contributed by atoms with Crippen LogP contribution < -0.4 is 10.2 Å². The van der Waals surface area contributed by atoms with E-state index in [0.29, 0.717) is 55.5 Å². The van der Waals surface area contributed by atoms with E-state index in [1.54, 1.807) is 50.2 Å². The number of esters is 3. The molecule has 0 aromatic heterocycles. The van der Waals surface area contributed by atoms with Gasteiger partial charge in [0, 0.05) is 146 Å². The van der Waals surface area contributed by atoms with E-state index in [9.17, 15) is 44.4 Å². The summed E-state index contributed by atoms with van der Waals surface area (Å²) < 4.78 is 27.4. The summed E-state index contributed by atoms with van der Waals surface area (Å²) >= 11 is 0. The van der Waals surface area contributed by atoms with E-state index in [-0.39, 0.29) is 150 Å². The van der Waals surface area contributed by atoms with Gasteiger partial charge in [0.2, 0.25) is 0 Å². The number of ether oxygens (including phenoxy) is 4. The third kappa shape index (κ3) is 7.87. The molecule has 0 bridgehead atoms. The molecule has 0 fully saturated rings. The molecule has 306 valence electrons. The van der Waals surface area contributed by atoms with Crippen LogP contribution in [-0.4, -0.2) is 58.5 Å². The number of phenolic OH excluding ortho intramolecular Hbond substituents is 3. The maximum absolute atomic E-state index is 12.9. The van der Waals surface area contributed by atoms with Gasteiger partial charge >= 0.3 is 23.9 Å². The third-order valence-electron chi connectivity index (χ3n) is 10.5. The van der Waals surface area contributed by atoms with Gasteiger partial charge in [0.15, 0.2) is 11.0 Å². The molecule has 5 aromatic rings. The van der Waals surface area contributed by atoms with Crippen LogP contribution in [0.25, 0.3) is 33.4 Å². The van der Waals surface area contributed by atoms with Crippen molar-refractivity contribution in [2.75, 3.05) is 14.2 Å². The molecule has 3 aliphatic heterocycles. The van der Waals surface area contributed by atoms with Crippen molar-refractivity contribution in [3.05, 3.63) is 157 Å². The number of carboxylic acid groups (broad SMARTS) is 1. The monoisotopic (exact) mass is 1260 g/mol. The fourth-order valence-corrected chi connectivity index (χ4v) is 7.75. The molecule has 0 atom stereocenters. The molecule has 2 radical (unpaired) electrons. The first-order chi connectivity index (χ1) is 28.6. The molecule has 1 spiro atoms. The van der Waals surface area contributed by atoms with E-state index >= 15 is 0 Å². The van der Waals surface area contributed by atoms with E-state index in [2.05, 4.69) is 0 Å². The van der Waals surface area contributed by atoms with E-state index in [1.165, 1.54) is 74.9 Å². The summed E-state index contributed by atoms with van der Waals surface area (Å²) in [6.07, 6.45) is 0. The number of carbonyl (C=O) groups excluding carboxylic acids is 3. The number of methoxy groups -OCH3 is 2. The smallest absolute Gasteiger partial charge is 0.340 e. The first-order valence-corrected chi connectivity index (χ1v) is 18.1. The number of aromatic carboxylic acids is 1. The van der Waals surface area contributed by atoms with Gasteiger partial charge in [-0.2, -0.15) is 0 Å². The molecule has 0 saturated carbocycles. The molecular formula is C46H32Ac2O14. The molecule has 62 heavy (non-hydrogen) atoms. The van der Waals surface area contributed by atoms with E-state index in [1.807, 2.05) is 0 Å². The molecule has 4 aliphatic rings. The first kappa shape index (κ1) is 46.3. The van der Waals surface area contributed by atoms with Gasteiger partial charge in [-0.1, -0.05) is 0 Å². The number of carbonyl (C=O) groups is 4. The average molecular weight is 1260 g/mol. The number of aryl methyl sites for hydroxylation is 2. The Balaban J connectivity index is 0.000000200. The number of hydrogen-bond donors (Lipinski definition) is 4. The SMILES string of the molecule is COC(=O)c1cc(-c2c3ccc(=O)cc-3oc3cc(O)ccc23)c(C(=O)O)cc1C.COC(=O)c1cc2c(cc1C)C(=O)OC21c2ccc(O)cc2Oc2cc(O)ccc21.[Ac].[Ac]. The summed E-state index contributed by atoms with van der Waals surface area (Å²) in [7, 11) is 2.54. The van der Waals surface area contributed by atoms with Crippen LogP contribution in [0, 0.1) is 102 Å². The van der Waals surface area contributed by atoms with Crippen molar-refractivity contribution in [3.63, 3.8) is 0 Å². The Hall–Kier alpha value is -5.25. The minimum absolute atomic E-state index is 0. The van der Waals surface area contributed by atoms with Crippen LogP contribution in [0.1, 0.15) is 69.2 Å². The minimum Gasteiger partial charge on any atom is -0.508 e. The van der Waals surface area contributed by atoms with Crippen LogP contribution in [0.15, 0.2) is 106 Å². The summed E-state index contributed by atoms with van der Waals surface area (Å²) in [5.74, 6) is -2.20. The quantitative estimate of drug-likeness (QED) is 0.0751. The summed E-state index contributed by atoms with van der Waals surface area (Å²) in [6, 6.07) is 23.7. The van der Waals surface area contributed by atoms with E-state index in [4.69, 9.17) is 23.4 Å². The van der Waals surface area contributed by atoms with Gasteiger partial charge in [-0.15, -0.1) is 0 Å². The number of fused-ring (bicyclic) bond motifs is 8. The molecule has 0 amide bonds. The molecule has 9 rings (SSSR count). The number of phenols is 3. The molecule has 4 N–H and O–H groups in total. The largest absolute Gasteiger partial charge is 0.508 e. The predicted octanol–water partition coefficient (Wildman–Crippen LogP) is 7.82. The zero-order valence-electron chi connectivity index (χ0n) is 33.3.